The Hall–Kier alpha value is -2.29. The lowest BCUT2D eigenvalue weighted by Crippen LogP contribution is -2.25. The molecule has 20 heavy (non-hydrogen) atoms. The Labute approximate surface area is 119 Å². The summed E-state index contributed by atoms with van der Waals surface area (Å²) in [5, 5.41) is 2.94. The third-order valence-electron chi connectivity index (χ3n) is 3.39. The van der Waals surface area contributed by atoms with E-state index in [9.17, 15) is 4.79 Å². The van der Waals surface area contributed by atoms with Crippen molar-refractivity contribution in [3.8, 4) is 0 Å². The van der Waals surface area contributed by atoms with Gasteiger partial charge in [-0.3, -0.25) is 4.79 Å². The van der Waals surface area contributed by atoms with Gasteiger partial charge in [-0.1, -0.05) is 36.4 Å². The first-order valence-electron chi connectivity index (χ1n) is 6.85. The Balaban J connectivity index is 1.82. The molecule has 0 atom stereocenters. The SMILES string of the molecule is Cc1c(N)cccc1C(=O)NCCCc1ccccc1. The maximum atomic E-state index is 12.1. The zero-order valence-electron chi connectivity index (χ0n) is 11.7. The van der Waals surface area contributed by atoms with Crippen LogP contribution >= 0.6 is 0 Å². The highest BCUT2D eigenvalue weighted by Gasteiger charge is 2.09. The summed E-state index contributed by atoms with van der Waals surface area (Å²) in [4.78, 5) is 12.1. The second kappa shape index (κ2) is 6.75. The van der Waals surface area contributed by atoms with Gasteiger partial charge in [0.05, 0.1) is 0 Å². The van der Waals surface area contributed by atoms with Crippen molar-refractivity contribution in [3.05, 3.63) is 65.2 Å². The summed E-state index contributed by atoms with van der Waals surface area (Å²) in [6, 6.07) is 15.7. The number of nitrogens with one attached hydrogen (secondary N) is 1. The molecule has 2 rings (SSSR count). The number of aryl methyl sites for hydroxylation is 1. The Morgan fingerprint density at radius 2 is 1.85 bits per heavy atom. The number of anilines is 1. The smallest absolute Gasteiger partial charge is 0.251 e. The van der Waals surface area contributed by atoms with E-state index < -0.39 is 0 Å². The quantitative estimate of drug-likeness (QED) is 0.647. The van der Waals surface area contributed by atoms with E-state index in [1.165, 1.54) is 5.56 Å². The van der Waals surface area contributed by atoms with E-state index in [0.29, 0.717) is 17.8 Å². The van der Waals surface area contributed by atoms with E-state index >= 15 is 0 Å². The van der Waals surface area contributed by atoms with E-state index in [1.54, 1.807) is 12.1 Å². The van der Waals surface area contributed by atoms with Crippen molar-refractivity contribution >= 4 is 11.6 Å². The third kappa shape index (κ3) is 3.60. The Bertz CT molecular complexity index is 579. The van der Waals surface area contributed by atoms with Gasteiger partial charge in [-0.2, -0.15) is 0 Å². The molecule has 0 radical (unpaired) electrons. The predicted molar refractivity (Wildman–Crippen MR) is 82.7 cm³/mol. The van der Waals surface area contributed by atoms with E-state index in [-0.39, 0.29) is 5.91 Å². The number of hydrogen-bond acceptors (Lipinski definition) is 2. The number of carbonyl (C=O) groups excluding carboxylic acids is 1. The van der Waals surface area contributed by atoms with Gasteiger partial charge in [-0.05, 0) is 43.0 Å². The minimum atomic E-state index is -0.0529. The molecule has 2 aromatic rings. The third-order valence-corrected chi connectivity index (χ3v) is 3.39. The molecule has 0 aliphatic rings. The van der Waals surface area contributed by atoms with E-state index in [1.807, 2.05) is 31.2 Å². The summed E-state index contributed by atoms with van der Waals surface area (Å²) in [5.41, 5.74) is 9.26. The molecule has 3 nitrogen and oxygen atoms in total. The molecular formula is C17H20N2O. The van der Waals surface area contributed by atoms with Crippen molar-refractivity contribution in [1.29, 1.82) is 0 Å². The van der Waals surface area contributed by atoms with Crippen LogP contribution in [-0.4, -0.2) is 12.5 Å². The summed E-state index contributed by atoms with van der Waals surface area (Å²) in [5.74, 6) is -0.0529. The van der Waals surface area contributed by atoms with Gasteiger partial charge < -0.3 is 11.1 Å². The first-order valence-corrected chi connectivity index (χ1v) is 6.85. The van der Waals surface area contributed by atoms with Crippen molar-refractivity contribution in [1.82, 2.24) is 5.32 Å². The molecule has 0 bridgehead atoms. The summed E-state index contributed by atoms with van der Waals surface area (Å²) in [7, 11) is 0. The molecule has 0 heterocycles. The number of rotatable bonds is 5. The average molecular weight is 268 g/mol. The van der Waals surface area contributed by atoms with Crippen LogP contribution in [0.1, 0.15) is 27.9 Å². The van der Waals surface area contributed by atoms with Crippen LogP contribution in [0, 0.1) is 6.92 Å². The fourth-order valence-corrected chi connectivity index (χ4v) is 2.13. The summed E-state index contributed by atoms with van der Waals surface area (Å²) in [6.07, 6.45) is 1.90. The Morgan fingerprint density at radius 1 is 1.10 bits per heavy atom. The highest BCUT2D eigenvalue weighted by Crippen LogP contribution is 2.15. The molecule has 0 spiro atoms. The van der Waals surface area contributed by atoms with Gasteiger partial charge in [0, 0.05) is 17.8 Å². The van der Waals surface area contributed by atoms with Crippen LogP contribution in [0.4, 0.5) is 5.69 Å². The molecule has 104 valence electrons. The molecular weight excluding hydrogens is 248 g/mol. The fraction of sp³-hybridized carbons (Fsp3) is 0.235. The number of nitrogens with two attached hydrogens (primary N) is 1. The van der Waals surface area contributed by atoms with Gasteiger partial charge in [0.2, 0.25) is 0 Å². The molecule has 0 aliphatic heterocycles. The minimum Gasteiger partial charge on any atom is -0.398 e. The van der Waals surface area contributed by atoms with Gasteiger partial charge in [0.1, 0.15) is 0 Å². The van der Waals surface area contributed by atoms with Gasteiger partial charge >= 0.3 is 0 Å². The molecule has 1 amide bonds. The highest BCUT2D eigenvalue weighted by atomic mass is 16.1. The molecule has 0 saturated carbocycles. The molecule has 3 heteroatoms. The van der Waals surface area contributed by atoms with Crippen molar-refractivity contribution in [2.45, 2.75) is 19.8 Å². The lowest BCUT2D eigenvalue weighted by Gasteiger charge is -2.09. The van der Waals surface area contributed by atoms with Crippen LogP contribution < -0.4 is 11.1 Å². The van der Waals surface area contributed by atoms with Crippen LogP contribution in [0.15, 0.2) is 48.5 Å². The number of amides is 1. The lowest BCUT2D eigenvalue weighted by atomic mass is 10.1. The molecule has 3 N–H and O–H groups in total. The predicted octanol–water partition coefficient (Wildman–Crippen LogP) is 2.94. The van der Waals surface area contributed by atoms with Crippen LogP contribution in [0.3, 0.4) is 0 Å². The van der Waals surface area contributed by atoms with Crippen molar-refractivity contribution < 1.29 is 4.79 Å². The number of carbonyl (C=O) groups is 1. The van der Waals surface area contributed by atoms with Crippen molar-refractivity contribution in [3.63, 3.8) is 0 Å². The number of benzene rings is 2. The summed E-state index contributed by atoms with van der Waals surface area (Å²) >= 11 is 0. The second-order valence-electron chi connectivity index (χ2n) is 4.86. The standard InChI is InChI=1S/C17H20N2O/c1-13-15(10-5-11-16(13)18)17(20)19-12-6-9-14-7-3-2-4-8-14/h2-5,7-8,10-11H,6,9,12,18H2,1H3,(H,19,20). The van der Waals surface area contributed by atoms with Crippen LogP contribution in [0.2, 0.25) is 0 Å². The zero-order chi connectivity index (χ0) is 14.4. The molecule has 0 aliphatic carbocycles. The monoisotopic (exact) mass is 268 g/mol. The number of nitrogen functional groups attached to an aromatic ring is 1. The minimum absolute atomic E-state index is 0.0529. The normalized spacial score (nSPS) is 10.2. The fourth-order valence-electron chi connectivity index (χ4n) is 2.13. The van der Waals surface area contributed by atoms with Crippen LogP contribution in [0.5, 0.6) is 0 Å². The molecule has 2 aromatic carbocycles. The van der Waals surface area contributed by atoms with E-state index in [0.717, 1.165) is 18.4 Å². The Kier molecular flexibility index (Phi) is 4.77. The maximum absolute atomic E-state index is 12.1. The first-order chi connectivity index (χ1) is 9.68. The summed E-state index contributed by atoms with van der Waals surface area (Å²) in [6.45, 7) is 2.54. The average Bonchev–Trinajstić information content (AvgIpc) is 2.47. The maximum Gasteiger partial charge on any atom is 0.251 e. The van der Waals surface area contributed by atoms with Gasteiger partial charge in [-0.15, -0.1) is 0 Å². The topological polar surface area (TPSA) is 55.1 Å². The van der Waals surface area contributed by atoms with Gasteiger partial charge in [-0.25, -0.2) is 0 Å². The molecule has 0 saturated heterocycles. The highest BCUT2D eigenvalue weighted by molar-refractivity contribution is 5.96. The number of hydrogen-bond donors (Lipinski definition) is 2. The summed E-state index contributed by atoms with van der Waals surface area (Å²) < 4.78 is 0. The van der Waals surface area contributed by atoms with Gasteiger partial charge in [0.25, 0.3) is 5.91 Å². The molecule has 0 unspecified atom stereocenters. The van der Waals surface area contributed by atoms with Crippen molar-refractivity contribution in [2.24, 2.45) is 0 Å². The zero-order valence-corrected chi connectivity index (χ0v) is 11.7. The Morgan fingerprint density at radius 3 is 2.60 bits per heavy atom. The van der Waals surface area contributed by atoms with Crippen molar-refractivity contribution in [2.75, 3.05) is 12.3 Å². The first kappa shape index (κ1) is 14.1. The van der Waals surface area contributed by atoms with E-state index in [2.05, 4.69) is 17.4 Å². The largest absolute Gasteiger partial charge is 0.398 e. The second-order valence-corrected chi connectivity index (χ2v) is 4.86. The lowest BCUT2D eigenvalue weighted by molar-refractivity contribution is 0.0952. The van der Waals surface area contributed by atoms with Crippen LogP contribution in [-0.2, 0) is 6.42 Å². The van der Waals surface area contributed by atoms with Crippen LogP contribution in [0.25, 0.3) is 0 Å². The van der Waals surface area contributed by atoms with E-state index in [4.69, 9.17) is 5.73 Å². The van der Waals surface area contributed by atoms with Gasteiger partial charge in [0.15, 0.2) is 0 Å². The molecule has 0 aromatic heterocycles. The molecule has 0 fully saturated rings.